The summed E-state index contributed by atoms with van der Waals surface area (Å²) < 4.78 is 0. The molecular weight excluding hydrogens is 234 g/mol. The van der Waals surface area contributed by atoms with E-state index in [0.29, 0.717) is 0 Å². The molecule has 2 aliphatic heterocycles. The largest absolute Gasteiger partial charge is 0.314 e. The Balaban J connectivity index is 1.58. The van der Waals surface area contributed by atoms with Crippen molar-refractivity contribution in [3.05, 3.63) is 0 Å². The van der Waals surface area contributed by atoms with Crippen LogP contribution in [0, 0.1) is 11.8 Å². The van der Waals surface area contributed by atoms with Gasteiger partial charge in [-0.15, -0.1) is 0 Å². The normalized spacial score (nSPS) is 25.3. The highest BCUT2D eigenvalue weighted by atomic mass is 15.1. The van der Waals surface area contributed by atoms with Crippen LogP contribution in [-0.2, 0) is 0 Å². The molecule has 2 aliphatic rings. The molecule has 0 saturated carbocycles. The standard InChI is InChI=1S/C16H33N3/c1-14(2)13-19-10-6-16(7-11-19)17-12-15-4-8-18(3)9-5-15/h14-17H,4-13H2,1-3H3. The quantitative estimate of drug-likeness (QED) is 0.822. The minimum atomic E-state index is 0.781. The molecule has 3 heteroatoms. The van der Waals surface area contributed by atoms with Crippen molar-refractivity contribution < 1.29 is 0 Å². The number of hydrogen-bond donors (Lipinski definition) is 1. The van der Waals surface area contributed by atoms with Crippen molar-refractivity contribution in [2.24, 2.45) is 11.8 Å². The first-order chi connectivity index (χ1) is 9.13. The lowest BCUT2D eigenvalue weighted by Crippen LogP contribution is -2.45. The second-order valence-corrected chi connectivity index (χ2v) is 7.12. The SMILES string of the molecule is CC(C)CN1CCC(NCC2CCN(C)CC2)CC1. The molecule has 0 unspecified atom stereocenters. The van der Waals surface area contributed by atoms with Crippen LogP contribution in [0.2, 0.25) is 0 Å². The summed E-state index contributed by atoms with van der Waals surface area (Å²) in [6.07, 6.45) is 5.46. The zero-order valence-electron chi connectivity index (χ0n) is 13.2. The van der Waals surface area contributed by atoms with Crippen molar-refractivity contribution in [3.63, 3.8) is 0 Å². The van der Waals surface area contributed by atoms with Gasteiger partial charge in [0.15, 0.2) is 0 Å². The smallest absolute Gasteiger partial charge is 0.00915 e. The van der Waals surface area contributed by atoms with E-state index in [9.17, 15) is 0 Å². The van der Waals surface area contributed by atoms with E-state index in [-0.39, 0.29) is 0 Å². The van der Waals surface area contributed by atoms with Crippen molar-refractivity contribution >= 4 is 0 Å². The van der Waals surface area contributed by atoms with Gasteiger partial charge in [0.25, 0.3) is 0 Å². The Morgan fingerprint density at radius 3 is 2.21 bits per heavy atom. The Morgan fingerprint density at radius 1 is 1.00 bits per heavy atom. The van der Waals surface area contributed by atoms with Gasteiger partial charge in [0.05, 0.1) is 0 Å². The molecule has 2 saturated heterocycles. The molecule has 0 radical (unpaired) electrons. The number of nitrogens with zero attached hydrogens (tertiary/aromatic N) is 2. The van der Waals surface area contributed by atoms with Crippen LogP contribution in [0.3, 0.4) is 0 Å². The van der Waals surface area contributed by atoms with Crippen LogP contribution in [-0.4, -0.2) is 62.2 Å². The molecule has 0 atom stereocenters. The highest BCUT2D eigenvalue weighted by Gasteiger charge is 2.21. The minimum absolute atomic E-state index is 0.781. The van der Waals surface area contributed by atoms with E-state index in [4.69, 9.17) is 0 Å². The maximum atomic E-state index is 3.83. The molecule has 0 amide bonds. The van der Waals surface area contributed by atoms with E-state index in [1.165, 1.54) is 65.0 Å². The van der Waals surface area contributed by atoms with Crippen LogP contribution in [0.5, 0.6) is 0 Å². The van der Waals surface area contributed by atoms with E-state index < -0.39 is 0 Å². The van der Waals surface area contributed by atoms with Gasteiger partial charge in [-0.05, 0) is 77.3 Å². The van der Waals surface area contributed by atoms with Crippen LogP contribution in [0.25, 0.3) is 0 Å². The molecule has 0 aromatic carbocycles. The molecule has 2 rings (SSSR count). The predicted octanol–water partition coefficient (Wildman–Crippen LogP) is 2.04. The minimum Gasteiger partial charge on any atom is -0.314 e. The summed E-state index contributed by atoms with van der Waals surface area (Å²) in [5, 5.41) is 3.83. The lowest BCUT2D eigenvalue weighted by molar-refractivity contribution is 0.168. The highest BCUT2D eigenvalue weighted by molar-refractivity contribution is 4.80. The van der Waals surface area contributed by atoms with Gasteiger partial charge in [0, 0.05) is 12.6 Å². The third-order valence-electron chi connectivity index (χ3n) is 4.74. The Hall–Kier alpha value is -0.120. The van der Waals surface area contributed by atoms with Crippen molar-refractivity contribution in [2.45, 2.75) is 45.6 Å². The van der Waals surface area contributed by atoms with E-state index in [2.05, 4.69) is 36.0 Å². The molecule has 0 aromatic heterocycles. The van der Waals surface area contributed by atoms with Crippen LogP contribution >= 0.6 is 0 Å². The maximum absolute atomic E-state index is 3.83. The third kappa shape index (κ3) is 5.41. The average Bonchev–Trinajstić information content (AvgIpc) is 2.39. The van der Waals surface area contributed by atoms with Gasteiger partial charge < -0.3 is 15.1 Å². The molecule has 2 fully saturated rings. The first-order valence-corrected chi connectivity index (χ1v) is 8.27. The maximum Gasteiger partial charge on any atom is 0.00915 e. The summed E-state index contributed by atoms with van der Waals surface area (Å²) in [6.45, 7) is 12.4. The zero-order chi connectivity index (χ0) is 13.7. The van der Waals surface area contributed by atoms with Gasteiger partial charge in [-0.3, -0.25) is 0 Å². The van der Waals surface area contributed by atoms with Crippen molar-refractivity contribution in [1.82, 2.24) is 15.1 Å². The molecule has 19 heavy (non-hydrogen) atoms. The first-order valence-electron chi connectivity index (χ1n) is 8.27. The third-order valence-corrected chi connectivity index (χ3v) is 4.74. The molecule has 0 bridgehead atoms. The molecular formula is C16H33N3. The van der Waals surface area contributed by atoms with Gasteiger partial charge in [-0.1, -0.05) is 13.8 Å². The number of piperidine rings is 2. The van der Waals surface area contributed by atoms with Gasteiger partial charge >= 0.3 is 0 Å². The van der Waals surface area contributed by atoms with Gasteiger partial charge in [-0.25, -0.2) is 0 Å². The first kappa shape index (κ1) is 15.3. The fourth-order valence-corrected chi connectivity index (χ4v) is 3.44. The zero-order valence-corrected chi connectivity index (χ0v) is 13.2. The molecule has 3 nitrogen and oxygen atoms in total. The molecule has 112 valence electrons. The Bertz CT molecular complexity index is 238. The molecule has 2 heterocycles. The topological polar surface area (TPSA) is 18.5 Å². The molecule has 1 N–H and O–H groups in total. The van der Waals surface area contributed by atoms with Crippen molar-refractivity contribution in [3.8, 4) is 0 Å². The summed E-state index contributed by atoms with van der Waals surface area (Å²) in [4.78, 5) is 5.10. The average molecular weight is 267 g/mol. The van der Waals surface area contributed by atoms with Gasteiger partial charge in [-0.2, -0.15) is 0 Å². The van der Waals surface area contributed by atoms with Crippen LogP contribution in [0.1, 0.15) is 39.5 Å². The van der Waals surface area contributed by atoms with Crippen LogP contribution < -0.4 is 5.32 Å². The highest BCUT2D eigenvalue weighted by Crippen LogP contribution is 2.17. The van der Waals surface area contributed by atoms with Gasteiger partial charge in [0.2, 0.25) is 0 Å². The predicted molar refractivity (Wildman–Crippen MR) is 82.5 cm³/mol. The van der Waals surface area contributed by atoms with Gasteiger partial charge in [0.1, 0.15) is 0 Å². The van der Waals surface area contributed by atoms with Crippen LogP contribution in [0.15, 0.2) is 0 Å². The molecule has 0 spiro atoms. The van der Waals surface area contributed by atoms with E-state index in [1.807, 2.05) is 0 Å². The summed E-state index contributed by atoms with van der Waals surface area (Å²) in [7, 11) is 2.24. The van der Waals surface area contributed by atoms with Crippen molar-refractivity contribution in [2.75, 3.05) is 46.3 Å². The monoisotopic (exact) mass is 267 g/mol. The van der Waals surface area contributed by atoms with E-state index in [0.717, 1.165) is 17.9 Å². The summed E-state index contributed by atoms with van der Waals surface area (Å²) >= 11 is 0. The number of likely N-dealkylation sites (tertiary alicyclic amines) is 2. The second kappa shape index (κ2) is 7.61. The molecule has 0 aromatic rings. The lowest BCUT2D eigenvalue weighted by atomic mass is 9.96. The molecule has 0 aliphatic carbocycles. The summed E-state index contributed by atoms with van der Waals surface area (Å²) in [5.74, 6) is 1.73. The summed E-state index contributed by atoms with van der Waals surface area (Å²) in [6, 6.07) is 0.781. The number of nitrogens with one attached hydrogen (secondary N) is 1. The Labute approximate surface area is 119 Å². The fraction of sp³-hybridized carbons (Fsp3) is 1.00. The van der Waals surface area contributed by atoms with E-state index in [1.54, 1.807) is 0 Å². The lowest BCUT2D eigenvalue weighted by Gasteiger charge is -2.35. The Morgan fingerprint density at radius 2 is 1.63 bits per heavy atom. The second-order valence-electron chi connectivity index (χ2n) is 7.12. The Kier molecular flexibility index (Phi) is 6.11. The van der Waals surface area contributed by atoms with E-state index >= 15 is 0 Å². The number of hydrogen-bond acceptors (Lipinski definition) is 3. The van der Waals surface area contributed by atoms with Crippen molar-refractivity contribution in [1.29, 1.82) is 0 Å². The summed E-state index contributed by atoms with van der Waals surface area (Å²) in [5.41, 5.74) is 0. The van der Waals surface area contributed by atoms with Crippen LogP contribution in [0.4, 0.5) is 0 Å². The fourth-order valence-electron chi connectivity index (χ4n) is 3.44. The number of rotatable bonds is 5.